The van der Waals surface area contributed by atoms with E-state index in [-0.39, 0.29) is 11.8 Å². The number of nitrogens with two attached hydrogens (primary N) is 1. The fourth-order valence-corrected chi connectivity index (χ4v) is 2.60. The van der Waals surface area contributed by atoms with E-state index in [1.54, 1.807) is 31.2 Å². The SMILES string of the molecule is CC(CS(C)(=O)=O)Nc1cccc(NC(N)=O)c1. The summed E-state index contributed by atoms with van der Waals surface area (Å²) in [5, 5.41) is 5.49. The molecule has 0 spiro atoms. The van der Waals surface area contributed by atoms with E-state index < -0.39 is 15.9 Å². The van der Waals surface area contributed by atoms with Gasteiger partial charge in [0.1, 0.15) is 9.84 Å². The van der Waals surface area contributed by atoms with Gasteiger partial charge in [0.2, 0.25) is 0 Å². The number of carbonyl (C=O) groups is 1. The molecule has 0 aliphatic rings. The molecule has 18 heavy (non-hydrogen) atoms. The number of rotatable bonds is 5. The van der Waals surface area contributed by atoms with E-state index in [9.17, 15) is 13.2 Å². The minimum atomic E-state index is -3.02. The molecule has 6 nitrogen and oxygen atoms in total. The Bertz CT molecular complexity index is 528. The predicted octanol–water partition coefficient (Wildman–Crippen LogP) is 1.02. The normalized spacial score (nSPS) is 12.8. The number of nitrogens with one attached hydrogen (secondary N) is 2. The summed E-state index contributed by atoms with van der Waals surface area (Å²) in [4.78, 5) is 10.7. The molecule has 0 bridgehead atoms. The lowest BCUT2D eigenvalue weighted by Gasteiger charge is -2.15. The van der Waals surface area contributed by atoms with E-state index in [1.807, 2.05) is 0 Å². The number of sulfone groups is 1. The van der Waals surface area contributed by atoms with Gasteiger partial charge in [-0.3, -0.25) is 0 Å². The summed E-state index contributed by atoms with van der Waals surface area (Å²) < 4.78 is 22.3. The van der Waals surface area contributed by atoms with Crippen molar-refractivity contribution < 1.29 is 13.2 Å². The Morgan fingerprint density at radius 2 is 2.00 bits per heavy atom. The summed E-state index contributed by atoms with van der Waals surface area (Å²) in [6, 6.07) is 6.03. The van der Waals surface area contributed by atoms with Crippen molar-refractivity contribution in [2.75, 3.05) is 22.6 Å². The van der Waals surface area contributed by atoms with Gasteiger partial charge in [0, 0.05) is 23.7 Å². The fraction of sp³-hybridized carbons (Fsp3) is 0.364. The van der Waals surface area contributed by atoms with Crippen molar-refractivity contribution in [2.45, 2.75) is 13.0 Å². The third-order valence-electron chi connectivity index (χ3n) is 2.10. The molecule has 2 amide bonds. The Labute approximate surface area is 106 Å². The summed E-state index contributed by atoms with van der Waals surface area (Å²) in [5.74, 6) is 0.0421. The Balaban J connectivity index is 2.70. The molecule has 0 fully saturated rings. The van der Waals surface area contributed by atoms with E-state index in [0.29, 0.717) is 5.69 Å². The number of anilines is 2. The molecule has 0 saturated heterocycles. The standard InChI is InChI=1S/C11H17N3O3S/c1-8(7-18(2,16)17)13-9-4-3-5-10(6-9)14-11(12)15/h3-6,8,13H,7H2,1-2H3,(H3,12,14,15). The van der Waals surface area contributed by atoms with Crippen molar-refractivity contribution in [2.24, 2.45) is 5.73 Å². The van der Waals surface area contributed by atoms with E-state index >= 15 is 0 Å². The first kappa shape index (κ1) is 14.3. The predicted molar refractivity (Wildman–Crippen MR) is 72.4 cm³/mol. The number of primary amides is 1. The molecule has 0 saturated carbocycles. The zero-order valence-electron chi connectivity index (χ0n) is 10.3. The van der Waals surface area contributed by atoms with Gasteiger partial charge < -0.3 is 16.4 Å². The minimum absolute atomic E-state index is 0.0421. The van der Waals surface area contributed by atoms with Gasteiger partial charge in [-0.05, 0) is 25.1 Å². The van der Waals surface area contributed by atoms with Gasteiger partial charge in [-0.1, -0.05) is 6.07 Å². The molecule has 4 N–H and O–H groups in total. The van der Waals surface area contributed by atoms with Crippen LogP contribution in [0, 0.1) is 0 Å². The first-order chi connectivity index (χ1) is 8.26. The van der Waals surface area contributed by atoms with Crippen LogP contribution in [0.2, 0.25) is 0 Å². The van der Waals surface area contributed by atoms with Crippen molar-refractivity contribution in [3.05, 3.63) is 24.3 Å². The molecule has 0 aromatic heterocycles. The zero-order chi connectivity index (χ0) is 13.8. The van der Waals surface area contributed by atoms with Gasteiger partial charge in [-0.15, -0.1) is 0 Å². The molecule has 0 aliphatic heterocycles. The number of amides is 2. The van der Waals surface area contributed by atoms with Crippen LogP contribution < -0.4 is 16.4 Å². The monoisotopic (exact) mass is 271 g/mol. The molecule has 7 heteroatoms. The van der Waals surface area contributed by atoms with Gasteiger partial charge in [-0.25, -0.2) is 13.2 Å². The minimum Gasteiger partial charge on any atom is -0.382 e. The fourth-order valence-electron chi connectivity index (χ4n) is 1.61. The summed E-state index contributed by atoms with van der Waals surface area (Å²) in [5.41, 5.74) is 6.28. The highest BCUT2D eigenvalue weighted by Crippen LogP contribution is 2.16. The summed E-state index contributed by atoms with van der Waals surface area (Å²) in [7, 11) is -3.02. The lowest BCUT2D eigenvalue weighted by molar-refractivity contribution is 0.259. The topological polar surface area (TPSA) is 101 Å². The summed E-state index contributed by atoms with van der Waals surface area (Å²) in [6.07, 6.45) is 1.19. The Hall–Kier alpha value is -1.76. The van der Waals surface area contributed by atoms with Crippen LogP contribution in [0.3, 0.4) is 0 Å². The molecule has 0 radical (unpaired) electrons. The molecule has 1 aromatic rings. The van der Waals surface area contributed by atoms with Crippen LogP contribution in [0.1, 0.15) is 6.92 Å². The van der Waals surface area contributed by atoms with Gasteiger partial charge >= 0.3 is 6.03 Å². The second kappa shape index (κ2) is 5.72. The molecule has 0 heterocycles. The first-order valence-electron chi connectivity index (χ1n) is 5.37. The van der Waals surface area contributed by atoms with Gasteiger partial charge in [0.15, 0.2) is 0 Å². The Kier molecular flexibility index (Phi) is 4.55. The van der Waals surface area contributed by atoms with E-state index in [0.717, 1.165) is 5.69 Å². The second-order valence-corrected chi connectivity index (χ2v) is 6.39. The number of hydrogen-bond donors (Lipinski definition) is 3. The maximum Gasteiger partial charge on any atom is 0.316 e. The lowest BCUT2D eigenvalue weighted by atomic mass is 10.2. The molecule has 0 aliphatic carbocycles. The maximum absolute atomic E-state index is 11.1. The molecule has 1 aromatic carbocycles. The van der Waals surface area contributed by atoms with Crippen LogP contribution in [0.15, 0.2) is 24.3 Å². The van der Waals surface area contributed by atoms with E-state index in [4.69, 9.17) is 5.73 Å². The summed E-state index contributed by atoms with van der Waals surface area (Å²) in [6.45, 7) is 1.77. The zero-order valence-corrected chi connectivity index (χ0v) is 11.1. The second-order valence-electron chi connectivity index (χ2n) is 4.21. The molecular formula is C11H17N3O3S. The van der Waals surface area contributed by atoms with Crippen molar-refractivity contribution in [3.8, 4) is 0 Å². The Morgan fingerprint density at radius 3 is 2.56 bits per heavy atom. The van der Waals surface area contributed by atoms with Crippen LogP contribution in [-0.2, 0) is 9.84 Å². The largest absolute Gasteiger partial charge is 0.382 e. The van der Waals surface area contributed by atoms with Crippen LogP contribution in [0.25, 0.3) is 0 Å². The maximum atomic E-state index is 11.1. The van der Waals surface area contributed by atoms with Crippen LogP contribution >= 0.6 is 0 Å². The Morgan fingerprint density at radius 1 is 1.39 bits per heavy atom. The highest BCUT2D eigenvalue weighted by molar-refractivity contribution is 7.90. The van der Waals surface area contributed by atoms with Crippen LogP contribution in [0.5, 0.6) is 0 Å². The molecular weight excluding hydrogens is 254 g/mol. The first-order valence-corrected chi connectivity index (χ1v) is 7.43. The van der Waals surface area contributed by atoms with Crippen molar-refractivity contribution >= 4 is 27.2 Å². The van der Waals surface area contributed by atoms with Gasteiger partial charge in [-0.2, -0.15) is 0 Å². The number of urea groups is 1. The molecule has 1 atom stereocenters. The highest BCUT2D eigenvalue weighted by Gasteiger charge is 2.10. The van der Waals surface area contributed by atoms with Gasteiger partial charge in [0.25, 0.3) is 0 Å². The molecule has 100 valence electrons. The smallest absolute Gasteiger partial charge is 0.316 e. The third-order valence-corrected chi connectivity index (χ3v) is 3.20. The highest BCUT2D eigenvalue weighted by atomic mass is 32.2. The summed E-state index contributed by atoms with van der Waals surface area (Å²) >= 11 is 0. The van der Waals surface area contributed by atoms with Crippen molar-refractivity contribution in [1.29, 1.82) is 0 Å². The molecule has 1 unspecified atom stereocenters. The number of carbonyl (C=O) groups excluding carboxylic acids is 1. The lowest BCUT2D eigenvalue weighted by Crippen LogP contribution is -2.25. The van der Waals surface area contributed by atoms with Crippen LogP contribution in [-0.4, -0.2) is 32.5 Å². The number of benzene rings is 1. The van der Waals surface area contributed by atoms with E-state index in [1.165, 1.54) is 6.26 Å². The van der Waals surface area contributed by atoms with Crippen molar-refractivity contribution in [1.82, 2.24) is 0 Å². The quantitative estimate of drug-likeness (QED) is 0.744. The van der Waals surface area contributed by atoms with Crippen molar-refractivity contribution in [3.63, 3.8) is 0 Å². The average molecular weight is 271 g/mol. The molecule has 1 rings (SSSR count). The number of hydrogen-bond acceptors (Lipinski definition) is 4. The average Bonchev–Trinajstić information content (AvgIpc) is 2.13. The third kappa shape index (κ3) is 5.53. The van der Waals surface area contributed by atoms with Gasteiger partial charge in [0.05, 0.1) is 5.75 Å². The van der Waals surface area contributed by atoms with Crippen LogP contribution in [0.4, 0.5) is 16.2 Å². The van der Waals surface area contributed by atoms with E-state index in [2.05, 4.69) is 10.6 Å².